The smallest absolute Gasteiger partial charge is 0.249 e. The van der Waals surface area contributed by atoms with E-state index in [0.29, 0.717) is 0 Å². The van der Waals surface area contributed by atoms with Crippen molar-refractivity contribution in [2.75, 3.05) is 19.7 Å². The molecule has 2 saturated heterocycles. The van der Waals surface area contributed by atoms with Gasteiger partial charge in [0.25, 0.3) is 0 Å². The molecule has 104 valence electrons. The van der Waals surface area contributed by atoms with Crippen molar-refractivity contribution in [3.63, 3.8) is 0 Å². The predicted octanol–water partition coefficient (Wildman–Crippen LogP) is 0.230. The van der Waals surface area contributed by atoms with Gasteiger partial charge in [0.05, 0.1) is 18.7 Å². The highest BCUT2D eigenvalue weighted by Gasteiger charge is 2.43. The first kappa shape index (κ1) is 12.6. The van der Waals surface area contributed by atoms with E-state index in [0.717, 1.165) is 25.5 Å². The number of hydrogen-bond donors (Lipinski definition) is 1. The van der Waals surface area contributed by atoms with Crippen LogP contribution in [0.3, 0.4) is 0 Å². The fraction of sp³-hybridized carbons (Fsp3) is 0.692. The monoisotopic (exact) mass is 264 g/mol. The van der Waals surface area contributed by atoms with Crippen LogP contribution in [-0.2, 0) is 16.1 Å². The van der Waals surface area contributed by atoms with Crippen LogP contribution >= 0.6 is 0 Å². The number of fused-ring (bicyclic) bond motifs is 1. The molecule has 19 heavy (non-hydrogen) atoms. The molecule has 0 saturated carbocycles. The lowest BCUT2D eigenvalue weighted by Gasteiger charge is -2.39. The minimum Gasteiger partial charge on any atom is -0.365 e. The van der Waals surface area contributed by atoms with Crippen molar-refractivity contribution in [1.82, 2.24) is 19.8 Å². The first-order valence-corrected chi connectivity index (χ1v) is 6.78. The van der Waals surface area contributed by atoms with Crippen molar-refractivity contribution < 1.29 is 9.53 Å². The number of carbonyl (C=O) groups excluding carboxylic acids is 1. The van der Waals surface area contributed by atoms with Crippen molar-refractivity contribution >= 4 is 5.91 Å². The SMILES string of the molecule is CC(C)N1C(=O)CO[C@H]2CN(Cc3ncc[nH]3)C[C@H]21. The Hall–Kier alpha value is -1.40. The summed E-state index contributed by atoms with van der Waals surface area (Å²) in [4.78, 5) is 23.6. The maximum atomic E-state index is 12.0. The number of ether oxygens (including phenoxy) is 1. The number of amides is 1. The van der Waals surface area contributed by atoms with Gasteiger partial charge in [-0.3, -0.25) is 9.69 Å². The first-order chi connectivity index (χ1) is 9.15. The summed E-state index contributed by atoms with van der Waals surface area (Å²) in [6.45, 7) is 6.85. The van der Waals surface area contributed by atoms with Gasteiger partial charge in [0.15, 0.2) is 0 Å². The van der Waals surface area contributed by atoms with Crippen LogP contribution in [0.1, 0.15) is 19.7 Å². The second-order valence-electron chi connectivity index (χ2n) is 5.54. The fourth-order valence-corrected chi connectivity index (χ4v) is 3.10. The molecule has 2 aliphatic heterocycles. The number of hydrogen-bond acceptors (Lipinski definition) is 4. The topological polar surface area (TPSA) is 61.5 Å². The van der Waals surface area contributed by atoms with Gasteiger partial charge in [-0.25, -0.2) is 4.98 Å². The van der Waals surface area contributed by atoms with Crippen LogP contribution in [0.25, 0.3) is 0 Å². The summed E-state index contributed by atoms with van der Waals surface area (Å²) in [6, 6.07) is 0.406. The Kier molecular flexibility index (Phi) is 3.28. The Morgan fingerprint density at radius 3 is 3.05 bits per heavy atom. The number of H-pyrrole nitrogens is 1. The zero-order valence-corrected chi connectivity index (χ0v) is 11.4. The third kappa shape index (κ3) is 2.37. The molecular weight excluding hydrogens is 244 g/mol. The number of aromatic amines is 1. The Bertz CT molecular complexity index is 446. The van der Waals surface area contributed by atoms with Gasteiger partial charge >= 0.3 is 0 Å². The number of imidazole rings is 1. The molecule has 2 atom stereocenters. The highest BCUT2D eigenvalue weighted by molar-refractivity contribution is 5.79. The highest BCUT2D eigenvalue weighted by atomic mass is 16.5. The van der Waals surface area contributed by atoms with E-state index in [2.05, 4.69) is 28.7 Å². The molecule has 1 N–H and O–H groups in total. The summed E-state index contributed by atoms with van der Waals surface area (Å²) in [5, 5.41) is 0. The molecular formula is C13H20N4O2. The molecule has 2 fully saturated rings. The highest BCUT2D eigenvalue weighted by Crippen LogP contribution is 2.25. The molecule has 6 nitrogen and oxygen atoms in total. The molecule has 1 amide bonds. The summed E-state index contributed by atoms with van der Waals surface area (Å²) >= 11 is 0. The molecule has 0 radical (unpaired) electrons. The Morgan fingerprint density at radius 2 is 2.37 bits per heavy atom. The van der Waals surface area contributed by atoms with E-state index in [1.807, 2.05) is 11.1 Å². The zero-order chi connectivity index (χ0) is 13.4. The maximum Gasteiger partial charge on any atom is 0.249 e. The van der Waals surface area contributed by atoms with Gasteiger partial charge < -0.3 is 14.6 Å². The average molecular weight is 264 g/mol. The standard InChI is InChI=1S/C13H20N4O2/c1-9(2)17-10-5-16(7-12-14-3-4-15-12)6-11(10)19-8-13(17)18/h3-4,9-11H,5-8H2,1-2H3,(H,14,15)/t10-,11+/m1/s1. The molecule has 2 aliphatic rings. The molecule has 3 heterocycles. The van der Waals surface area contributed by atoms with Crippen LogP contribution in [0.5, 0.6) is 0 Å². The van der Waals surface area contributed by atoms with Gasteiger partial charge in [-0.05, 0) is 13.8 Å². The number of carbonyl (C=O) groups is 1. The zero-order valence-electron chi connectivity index (χ0n) is 11.4. The van der Waals surface area contributed by atoms with E-state index in [1.165, 1.54) is 0 Å². The number of likely N-dealkylation sites (tertiary alicyclic amines) is 1. The van der Waals surface area contributed by atoms with E-state index < -0.39 is 0 Å². The van der Waals surface area contributed by atoms with Crippen molar-refractivity contribution in [1.29, 1.82) is 0 Å². The Balaban J connectivity index is 1.70. The maximum absolute atomic E-state index is 12.0. The number of aromatic nitrogens is 2. The van der Waals surface area contributed by atoms with Crippen LogP contribution in [0.15, 0.2) is 12.4 Å². The van der Waals surface area contributed by atoms with Gasteiger partial charge in [0.1, 0.15) is 12.4 Å². The second-order valence-corrected chi connectivity index (χ2v) is 5.54. The van der Waals surface area contributed by atoms with Crippen molar-refractivity contribution in [2.45, 2.75) is 38.6 Å². The quantitative estimate of drug-likeness (QED) is 0.849. The van der Waals surface area contributed by atoms with Crippen molar-refractivity contribution in [3.05, 3.63) is 18.2 Å². The normalized spacial score (nSPS) is 28.2. The van der Waals surface area contributed by atoms with Crippen molar-refractivity contribution in [3.8, 4) is 0 Å². The minimum atomic E-state index is 0.107. The van der Waals surface area contributed by atoms with Crippen LogP contribution < -0.4 is 0 Å². The molecule has 3 rings (SSSR count). The third-order valence-corrected chi connectivity index (χ3v) is 3.86. The lowest BCUT2D eigenvalue weighted by atomic mass is 10.1. The molecule has 0 aliphatic carbocycles. The Morgan fingerprint density at radius 1 is 1.53 bits per heavy atom. The number of nitrogens with one attached hydrogen (secondary N) is 1. The summed E-state index contributed by atoms with van der Waals surface area (Å²) in [5.41, 5.74) is 0. The van der Waals surface area contributed by atoms with Crippen LogP contribution in [0.4, 0.5) is 0 Å². The molecule has 0 spiro atoms. The summed E-state index contributed by atoms with van der Waals surface area (Å²) in [5.74, 6) is 1.07. The largest absolute Gasteiger partial charge is 0.365 e. The van der Waals surface area contributed by atoms with E-state index >= 15 is 0 Å². The van der Waals surface area contributed by atoms with Crippen LogP contribution in [0, 0.1) is 0 Å². The van der Waals surface area contributed by atoms with E-state index in [1.54, 1.807) is 6.20 Å². The molecule has 1 aromatic rings. The molecule has 0 aromatic carbocycles. The van der Waals surface area contributed by atoms with Crippen LogP contribution in [0.2, 0.25) is 0 Å². The Labute approximate surface area is 112 Å². The lowest BCUT2D eigenvalue weighted by molar-refractivity contribution is -0.155. The van der Waals surface area contributed by atoms with E-state index in [4.69, 9.17) is 4.74 Å². The number of morpholine rings is 1. The average Bonchev–Trinajstić information content (AvgIpc) is 2.97. The van der Waals surface area contributed by atoms with E-state index in [-0.39, 0.29) is 30.7 Å². The molecule has 0 bridgehead atoms. The third-order valence-electron chi connectivity index (χ3n) is 3.86. The van der Waals surface area contributed by atoms with Gasteiger partial charge in [0, 0.05) is 31.5 Å². The number of rotatable bonds is 3. The second kappa shape index (κ2) is 4.94. The first-order valence-electron chi connectivity index (χ1n) is 6.78. The van der Waals surface area contributed by atoms with Gasteiger partial charge in [-0.1, -0.05) is 0 Å². The van der Waals surface area contributed by atoms with Gasteiger partial charge in [0.2, 0.25) is 5.91 Å². The molecule has 1 aromatic heterocycles. The lowest BCUT2D eigenvalue weighted by Crippen LogP contribution is -2.56. The van der Waals surface area contributed by atoms with E-state index in [9.17, 15) is 4.79 Å². The summed E-state index contributed by atoms with van der Waals surface area (Å²) in [7, 11) is 0. The van der Waals surface area contributed by atoms with Crippen LogP contribution in [-0.4, -0.2) is 63.6 Å². The molecule has 0 unspecified atom stereocenters. The summed E-state index contributed by atoms with van der Waals surface area (Å²) in [6.07, 6.45) is 3.73. The predicted molar refractivity (Wildman–Crippen MR) is 69.4 cm³/mol. The van der Waals surface area contributed by atoms with Gasteiger partial charge in [-0.2, -0.15) is 0 Å². The number of nitrogens with zero attached hydrogens (tertiary/aromatic N) is 3. The fourth-order valence-electron chi connectivity index (χ4n) is 3.10. The minimum absolute atomic E-state index is 0.107. The van der Waals surface area contributed by atoms with Gasteiger partial charge in [-0.15, -0.1) is 0 Å². The van der Waals surface area contributed by atoms with Crippen molar-refractivity contribution in [2.24, 2.45) is 0 Å². The summed E-state index contributed by atoms with van der Waals surface area (Å²) < 4.78 is 5.68. The molecule has 6 heteroatoms.